The van der Waals surface area contributed by atoms with E-state index in [0.29, 0.717) is 11.7 Å². The summed E-state index contributed by atoms with van der Waals surface area (Å²) in [7, 11) is 0. The molecule has 0 aliphatic carbocycles. The molecule has 0 radical (unpaired) electrons. The van der Waals surface area contributed by atoms with Crippen molar-refractivity contribution in [2.24, 2.45) is 0 Å². The first-order chi connectivity index (χ1) is 15.6. The van der Waals surface area contributed by atoms with Crippen LogP contribution in [0.25, 0.3) is 11.3 Å². The van der Waals surface area contributed by atoms with Crippen LogP contribution in [0.1, 0.15) is 12.8 Å². The van der Waals surface area contributed by atoms with Crippen LogP contribution < -0.4 is 10.1 Å². The summed E-state index contributed by atoms with van der Waals surface area (Å²) in [4.78, 5) is 17.1. The zero-order valence-electron chi connectivity index (χ0n) is 17.2. The van der Waals surface area contributed by atoms with Crippen LogP contribution in [-0.4, -0.2) is 40.5 Å². The second-order valence-corrected chi connectivity index (χ2v) is 8.19. The fraction of sp³-hybridized carbons (Fsp3) is 0.304. The molecule has 4 rings (SSSR count). The Morgan fingerprint density at radius 2 is 2.00 bits per heavy atom. The third-order valence-electron chi connectivity index (χ3n) is 5.01. The van der Waals surface area contributed by atoms with Crippen molar-refractivity contribution in [3.05, 3.63) is 60.8 Å². The van der Waals surface area contributed by atoms with Crippen molar-refractivity contribution < 1.29 is 23.0 Å². The lowest BCUT2D eigenvalue weighted by Gasteiger charge is -2.16. The van der Waals surface area contributed by atoms with Gasteiger partial charge in [0, 0.05) is 6.61 Å². The molecule has 3 aromatic rings. The predicted molar refractivity (Wildman–Crippen MR) is 119 cm³/mol. The number of thioether (sulfide) groups is 1. The molecule has 0 bridgehead atoms. The van der Waals surface area contributed by atoms with Gasteiger partial charge in [-0.05, 0) is 30.5 Å². The molecule has 9 heteroatoms. The van der Waals surface area contributed by atoms with Crippen LogP contribution in [0.4, 0.5) is 14.5 Å². The molecule has 1 atom stereocenters. The van der Waals surface area contributed by atoms with Gasteiger partial charge in [0.15, 0.2) is 5.16 Å². The van der Waals surface area contributed by atoms with Crippen molar-refractivity contribution in [2.45, 2.75) is 37.3 Å². The van der Waals surface area contributed by atoms with E-state index in [1.807, 2.05) is 30.3 Å². The highest BCUT2D eigenvalue weighted by molar-refractivity contribution is 7.99. The number of rotatable bonds is 9. The van der Waals surface area contributed by atoms with Crippen molar-refractivity contribution in [2.75, 3.05) is 17.7 Å². The minimum absolute atomic E-state index is 0.0692. The zero-order valence-corrected chi connectivity index (χ0v) is 18.1. The molecule has 1 aromatic heterocycles. The highest BCUT2D eigenvalue weighted by Crippen LogP contribution is 2.29. The van der Waals surface area contributed by atoms with Crippen LogP contribution in [0.5, 0.6) is 5.75 Å². The third kappa shape index (κ3) is 5.66. The molecular weight excluding hydrogens is 436 g/mol. The summed E-state index contributed by atoms with van der Waals surface area (Å²) >= 11 is 1.29. The molecule has 168 valence electrons. The Hall–Kier alpha value is -2.91. The normalized spacial score (nSPS) is 15.8. The predicted octanol–water partition coefficient (Wildman–Crippen LogP) is 5.06. The molecule has 1 aliphatic heterocycles. The van der Waals surface area contributed by atoms with E-state index in [1.54, 1.807) is 18.3 Å². The van der Waals surface area contributed by atoms with Gasteiger partial charge in [-0.25, -0.2) is 4.98 Å². The van der Waals surface area contributed by atoms with E-state index in [2.05, 4.69) is 19.6 Å². The molecule has 1 amide bonds. The summed E-state index contributed by atoms with van der Waals surface area (Å²) in [5, 5.41) is 3.34. The number of alkyl halides is 2. The molecule has 0 spiro atoms. The number of benzene rings is 2. The van der Waals surface area contributed by atoms with Gasteiger partial charge in [-0.1, -0.05) is 54.2 Å². The quantitative estimate of drug-likeness (QED) is 0.453. The standard InChI is InChI=1S/C23H23F2N3O3S/c24-22(25)31-20-11-5-4-10-18(20)27-21(29)15-32-23-26-13-19(16-7-2-1-3-8-16)28(23)14-17-9-6-12-30-17/h1-5,7-8,10-11,13,17,22H,6,9,12,14-15H2,(H,27,29). The van der Waals surface area contributed by atoms with Gasteiger partial charge in [0.05, 0.1) is 36.0 Å². The fourth-order valence-electron chi connectivity index (χ4n) is 3.57. The molecule has 0 saturated carbocycles. The van der Waals surface area contributed by atoms with Crippen LogP contribution in [0, 0.1) is 0 Å². The van der Waals surface area contributed by atoms with E-state index in [9.17, 15) is 13.6 Å². The Morgan fingerprint density at radius 3 is 2.75 bits per heavy atom. The topological polar surface area (TPSA) is 65.4 Å². The first-order valence-corrected chi connectivity index (χ1v) is 11.3. The average molecular weight is 460 g/mol. The van der Waals surface area contributed by atoms with Gasteiger partial charge < -0.3 is 19.4 Å². The summed E-state index contributed by atoms with van der Waals surface area (Å²) < 4.78 is 37.6. The van der Waals surface area contributed by atoms with Crippen LogP contribution in [0.2, 0.25) is 0 Å². The summed E-state index contributed by atoms with van der Waals surface area (Å²) in [5.74, 6) is -0.347. The van der Waals surface area contributed by atoms with Crippen LogP contribution in [0.3, 0.4) is 0 Å². The maximum Gasteiger partial charge on any atom is 0.387 e. The number of imidazole rings is 1. The van der Waals surface area contributed by atoms with Gasteiger partial charge in [0.2, 0.25) is 5.91 Å². The Balaban J connectivity index is 1.47. The van der Waals surface area contributed by atoms with Gasteiger partial charge in [-0.2, -0.15) is 8.78 Å². The molecule has 6 nitrogen and oxygen atoms in total. The van der Waals surface area contributed by atoms with E-state index in [-0.39, 0.29) is 29.2 Å². The number of nitrogens with one attached hydrogen (secondary N) is 1. The van der Waals surface area contributed by atoms with Crippen LogP contribution in [0.15, 0.2) is 66.0 Å². The first-order valence-electron chi connectivity index (χ1n) is 10.3. The molecule has 2 heterocycles. The molecule has 1 aliphatic rings. The van der Waals surface area contributed by atoms with Crippen LogP contribution >= 0.6 is 11.8 Å². The van der Waals surface area contributed by atoms with Crippen LogP contribution in [-0.2, 0) is 16.1 Å². The van der Waals surface area contributed by atoms with E-state index < -0.39 is 6.61 Å². The van der Waals surface area contributed by atoms with Crippen molar-refractivity contribution >= 4 is 23.4 Å². The number of aromatic nitrogens is 2. The lowest BCUT2D eigenvalue weighted by molar-refractivity contribution is -0.113. The maximum absolute atomic E-state index is 12.6. The number of ether oxygens (including phenoxy) is 2. The number of hydrogen-bond acceptors (Lipinski definition) is 5. The third-order valence-corrected chi connectivity index (χ3v) is 6.00. The lowest BCUT2D eigenvalue weighted by Crippen LogP contribution is -2.18. The molecular formula is C23H23F2N3O3S. The van der Waals surface area contributed by atoms with E-state index in [4.69, 9.17) is 4.74 Å². The minimum Gasteiger partial charge on any atom is -0.433 e. The van der Waals surface area contributed by atoms with Gasteiger partial charge in [-0.15, -0.1) is 0 Å². The highest BCUT2D eigenvalue weighted by Gasteiger charge is 2.21. The number of nitrogens with zero attached hydrogens (tertiary/aromatic N) is 2. The summed E-state index contributed by atoms with van der Waals surface area (Å²) in [6.45, 7) is -1.56. The number of hydrogen-bond donors (Lipinski definition) is 1. The number of carbonyl (C=O) groups is 1. The molecule has 2 aromatic carbocycles. The number of amides is 1. The molecule has 32 heavy (non-hydrogen) atoms. The van der Waals surface area contributed by atoms with E-state index in [1.165, 1.54) is 23.9 Å². The lowest BCUT2D eigenvalue weighted by atomic mass is 10.1. The Morgan fingerprint density at radius 1 is 1.22 bits per heavy atom. The second kappa shape index (κ2) is 10.6. The summed E-state index contributed by atoms with van der Waals surface area (Å²) in [6.07, 6.45) is 3.93. The van der Waals surface area contributed by atoms with E-state index in [0.717, 1.165) is 30.7 Å². The monoisotopic (exact) mass is 459 g/mol. The molecule has 1 N–H and O–H groups in total. The van der Waals surface area contributed by atoms with Gasteiger partial charge in [0.1, 0.15) is 5.75 Å². The maximum atomic E-state index is 12.6. The Bertz CT molecular complexity index is 1040. The largest absolute Gasteiger partial charge is 0.433 e. The van der Waals surface area contributed by atoms with E-state index >= 15 is 0 Å². The molecule has 1 saturated heterocycles. The van der Waals surface area contributed by atoms with Crippen molar-refractivity contribution in [3.8, 4) is 17.0 Å². The highest BCUT2D eigenvalue weighted by atomic mass is 32.2. The number of carbonyl (C=O) groups excluding carboxylic acids is 1. The molecule has 1 fully saturated rings. The number of halogens is 2. The molecule has 1 unspecified atom stereocenters. The number of anilines is 1. The van der Waals surface area contributed by atoms with Crippen molar-refractivity contribution in [1.29, 1.82) is 0 Å². The van der Waals surface area contributed by atoms with Gasteiger partial charge in [0.25, 0.3) is 0 Å². The Kier molecular flexibility index (Phi) is 7.39. The minimum atomic E-state index is -2.97. The zero-order chi connectivity index (χ0) is 22.3. The number of para-hydroxylation sites is 2. The second-order valence-electron chi connectivity index (χ2n) is 7.25. The smallest absolute Gasteiger partial charge is 0.387 e. The summed E-state index contributed by atoms with van der Waals surface area (Å²) in [5.41, 5.74) is 2.19. The van der Waals surface area contributed by atoms with Crippen molar-refractivity contribution in [1.82, 2.24) is 9.55 Å². The van der Waals surface area contributed by atoms with Crippen molar-refractivity contribution in [3.63, 3.8) is 0 Å². The van der Waals surface area contributed by atoms with Gasteiger partial charge in [-0.3, -0.25) is 4.79 Å². The fourth-order valence-corrected chi connectivity index (χ4v) is 4.36. The Labute approximate surface area is 188 Å². The summed E-state index contributed by atoms with van der Waals surface area (Å²) in [6, 6.07) is 16.0. The SMILES string of the molecule is O=C(CSc1ncc(-c2ccccc2)n1CC1CCCO1)Nc1ccccc1OC(F)F. The first kappa shape index (κ1) is 22.3. The van der Waals surface area contributed by atoms with Gasteiger partial charge >= 0.3 is 6.61 Å². The average Bonchev–Trinajstić information content (AvgIpc) is 3.44.